The summed E-state index contributed by atoms with van der Waals surface area (Å²) in [4.78, 5) is 21.6. The van der Waals surface area contributed by atoms with Crippen LogP contribution in [-0.4, -0.2) is 22.4 Å². The lowest BCUT2D eigenvalue weighted by Crippen LogP contribution is -2.28. The van der Waals surface area contributed by atoms with Gasteiger partial charge in [0.15, 0.2) is 0 Å². The molecule has 0 aliphatic heterocycles. The number of benzene rings is 1. The van der Waals surface area contributed by atoms with Crippen molar-refractivity contribution in [3.8, 4) is 0 Å². The van der Waals surface area contributed by atoms with E-state index >= 15 is 0 Å². The van der Waals surface area contributed by atoms with Gasteiger partial charge in [-0.05, 0) is 72.7 Å². The number of aromatic nitrogens is 2. The maximum absolute atomic E-state index is 13.5. The van der Waals surface area contributed by atoms with Crippen molar-refractivity contribution in [2.45, 2.75) is 74.0 Å². The highest BCUT2D eigenvalue weighted by molar-refractivity contribution is 6.07. The maximum Gasteiger partial charge on any atom is 0.417 e. The lowest BCUT2D eigenvalue weighted by molar-refractivity contribution is -0.137. The van der Waals surface area contributed by atoms with Gasteiger partial charge in [0.25, 0.3) is 5.91 Å². The van der Waals surface area contributed by atoms with Gasteiger partial charge in [0.05, 0.1) is 16.8 Å². The molecule has 48 heavy (non-hydrogen) atoms. The highest BCUT2D eigenvalue weighted by Gasteiger charge is 2.32. The first-order valence-electron chi connectivity index (χ1n) is 16.2. The summed E-state index contributed by atoms with van der Waals surface area (Å²) in [5.41, 5.74) is 9.32. The zero-order valence-electron chi connectivity index (χ0n) is 28.9. The van der Waals surface area contributed by atoms with Crippen LogP contribution in [0.15, 0.2) is 84.5 Å². The number of halogens is 4. The fraction of sp³-hybridized carbons (Fsp3) is 0.378. The predicted octanol–water partition coefficient (Wildman–Crippen LogP) is 9.34. The Hall–Kier alpha value is -4.67. The third kappa shape index (κ3) is 11.0. The Labute approximate surface area is 281 Å². The van der Waals surface area contributed by atoms with Gasteiger partial charge in [0.1, 0.15) is 17.5 Å². The largest absolute Gasteiger partial charge is 0.417 e. The second kappa shape index (κ2) is 18.6. The van der Waals surface area contributed by atoms with Crippen molar-refractivity contribution >= 4 is 23.0 Å². The van der Waals surface area contributed by atoms with E-state index in [1.807, 2.05) is 39.0 Å². The van der Waals surface area contributed by atoms with Crippen LogP contribution >= 0.6 is 0 Å². The monoisotopic (exact) mass is 668 g/mol. The van der Waals surface area contributed by atoms with Crippen molar-refractivity contribution in [1.82, 2.24) is 15.3 Å². The molecule has 2 heterocycles. The highest BCUT2D eigenvalue weighted by atomic mass is 19.4. The Morgan fingerprint density at radius 1 is 1.02 bits per heavy atom. The average Bonchev–Trinajstić information content (AvgIpc) is 3.09. The molecule has 11 heteroatoms. The van der Waals surface area contributed by atoms with E-state index in [9.17, 15) is 22.4 Å². The Morgan fingerprint density at radius 3 is 2.23 bits per heavy atom. The van der Waals surface area contributed by atoms with E-state index in [1.165, 1.54) is 12.1 Å². The van der Waals surface area contributed by atoms with E-state index in [1.54, 1.807) is 6.20 Å². The van der Waals surface area contributed by atoms with Crippen molar-refractivity contribution in [3.05, 3.63) is 113 Å². The molecule has 1 amide bonds. The number of carbonyl (C=O) groups excluding carboxylic acids is 1. The van der Waals surface area contributed by atoms with Crippen LogP contribution in [0.2, 0.25) is 0 Å². The van der Waals surface area contributed by atoms with Gasteiger partial charge in [-0.3, -0.25) is 9.78 Å². The first-order valence-corrected chi connectivity index (χ1v) is 16.2. The van der Waals surface area contributed by atoms with Crippen molar-refractivity contribution in [3.63, 3.8) is 0 Å². The smallest absolute Gasteiger partial charge is 0.385 e. The summed E-state index contributed by atoms with van der Waals surface area (Å²) in [7, 11) is 0. The van der Waals surface area contributed by atoms with Crippen molar-refractivity contribution < 1.29 is 22.4 Å². The van der Waals surface area contributed by atoms with Crippen LogP contribution in [-0.2, 0) is 12.7 Å². The van der Waals surface area contributed by atoms with E-state index in [0.717, 1.165) is 54.3 Å². The van der Waals surface area contributed by atoms with E-state index in [4.69, 9.17) is 5.73 Å². The number of nitrogens with one attached hydrogen (secondary N) is 3. The first-order chi connectivity index (χ1) is 22.8. The number of alkyl halides is 3. The first kappa shape index (κ1) is 39.5. The third-order valence-corrected chi connectivity index (χ3v) is 7.82. The molecule has 1 aromatic carbocycles. The van der Waals surface area contributed by atoms with Gasteiger partial charge in [0, 0.05) is 42.3 Å². The van der Waals surface area contributed by atoms with Crippen molar-refractivity contribution in [1.29, 1.82) is 0 Å². The Bertz CT molecular complexity index is 1560. The van der Waals surface area contributed by atoms with E-state index in [2.05, 4.69) is 60.2 Å². The molecule has 0 bridgehead atoms. The standard InChI is InChI=1S/C35H42F4N6O.C2H6/c1-7-21(4)17-42-32(40)31(23(6)22(5)8-2)28(9-3)30-15-10-24(18-41-30)19-43-33-29(16-25(20-44-33)35(37,38)39)34(46)45-27-13-11-26(36)12-14-27;1-2/h9-16,18,20-22,42H,6-8,17,19,40H2,1-5H3,(H,43,44)(H,45,46);1-2H3/b28-9-,32-31+;. The molecule has 2 aromatic heterocycles. The van der Waals surface area contributed by atoms with Crippen molar-refractivity contribution in [2.75, 3.05) is 17.2 Å². The molecular weight excluding hydrogens is 620 g/mol. The van der Waals surface area contributed by atoms with Crippen LogP contribution in [0.1, 0.15) is 88.5 Å². The number of hydrogen-bond acceptors (Lipinski definition) is 6. The number of rotatable bonds is 14. The Kier molecular flexibility index (Phi) is 15.3. The summed E-state index contributed by atoms with van der Waals surface area (Å²) < 4.78 is 53.7. The van der Waals surface area contributed by atoms with Gasteiger partial charge in [0.2, 0.25) is 0 Å². The zero-order chi connectivity index (χ0) is 36.0. The van der Waals surface area contributed by atoms with Crippen LogP contribution in [0.3, 0.4) is 0 Å². The summed E-state index contributed by atoms with van der Waals surface area (Å²) in [5, 5.41) is 8.81. The van der Waals surface area contributed by atoms with Crippen LogP contribution in [0, 0.1) is 17.7 Å². The average molecular weight is 669 g/mol. The molecule has 0 aliphatic carbocycles. The molecule has 0 radical (unpaired) electrons. The predicted molar refractivity (Wildman–Crippen MR) is 187 cm³/mol. The number of amides is 1. The van der Waals surface area contributed by atoms with Crippen LogP contribution in [0.25, 0.3) is 5.57 Å². The summed E-state index contributed by atoms with van der Waals surface area (Å²) >= 11 is 0. The van der Waals surface area contributed by atoms with Crippen LogP contribution < -0.4 is 21.7 Å². The number of pyridine rings is 2. The molecule has 260 valence electrons. The molecule has 0 spiro atoms. The molecule has 0 aliphatic rings. The fourth-order valence-corrected chi connectivity index (χ4v) is 4.46. The fourth-order valence-electron chi connectivity index (χ4n) is 4.46. The molecule has 3 aromatic rings. The second-order valence-corrected chi connectivity index (χ2v) is 11.2. The second-order valence-electron chi connectivity index (χ2n) is 11.2. The topological polar surface area (TPSA) is 105 Å². The van der Waals surface area contributed by atoms with Gasteiger partial charge in [-0.25, -0.2) is 9.37 Å². The van der Waals surface area contributed by atoms with Crippen LogP contribution in [0.5, 0.6) is 0 Å². The van der Waals surface area contributed by atoms with Gasteiger partial charge in [-0.1, -0.05) is 66.7 Å². The lowest BCUT2D eigenvalue weighted by atomic mass is 9.87. The number of hydrogen-bond donors (Lipinski definition) is 4. The molecular formula is C37H48F4N6O. The van der Waals surface area contributed by atoms with Gasteiger partial charge in [-0.2, -0.15) is 13.2 Å². The van der Waals surface area contributed by atoms with E-state index in [-0.39, 0.29) is 29.5 Å². The summed E-state index contributed by atoms with van der Waals surface area (Å²) in [6, 6.07) is 9.26. The summed E-state index contributed by atoms with van der Waals surface area (Å²) in [6.07, 6.45) is 1.44. The van der Waals surface area contributed by atoms with Gasteiger partial charge >= 0.3 is 6.18 Å². The quantitative estimate of drug-likeness (QED) is 0.101. The minimum absolute atomic E-state index is 0.0546. The lowest BCUT2D eigenvalue weighted by Gasteiger charge is -2.23. The minimum Gasteiger partial charge on any atom is -0.385 e. The number of anilines is 2. The number of nitrogens with two attached hydrogens (primary N) is 1. The van der Waals surface area contributed by atoms with Crippen molar-refractivity contribution in [2.24, 2.45) is 17.6 Å². The molecule has 2 unspecified atom stereocenters. The number of carbonyl (C=O) groups is 1. The summed E-state index contributed by atoms with van der Waals surface area (Å²) in [6.45, 7) is 19.6. The van der Waals surface area contributed by atoms with E-state index in [0.29, 0.717) is 29.2 Å². The van der Waals surface area contributed by atoms with Gasteiger partial charge < -0.3 is 21.7 Å². The number of allylic oxidation sites excluding steroid dienone is 4. The number of nitrogens with zero attached hydrogens (tertiary/aromatic N) is 2. The Balaban J connectivity index is 0.00000392. The maximum atomic E-state index is 13.5. The Morgan fingerprint density at radius 2 is 1.69 bits per heavy atom. The molecule has 7 nitrogen and oxygen atoms in total. The van der Waals surface area contributed by atoms with E-state index < -0.39 is 23.5 Å². The normalized spacial score (nSPS) is 13.4. The SMILES string of the molecule is C=C(C(/C(=C\C)c1ccc(CNc2ncc(C(F)(F)F)cc2C(=O)Nc2ccc(F)cc2)cn1)=C(/N)NCC(C)CC)C(C)CC.CC. The zero-order valence-corrected chi connectivity index (χ0v) is 28.9. The summed E-state index contributed by atoms with van der Waals surface area (Å²) in [5.74, 6) is -0.254. The molecule has 0 saturated heterocycles. The molecule has 3 rings (SSSR count). The molecule has 5 N–H and O–H groups in total. The molecule has 2 atom stereocenters. The highest BCUT2D eigenvalue weighted by Crippen LogP contribution is 2.34. The van der Waals surface area contributed by atoms with Gasteiger partial charge in [-0.15, -0.1) is 0 Å². The third-order valence-electron chi connectivity index (χ3n) is 7.82. The minimum atomic E-state index is -4.71. The van der Waals surface area contributed by atoms with Crippen LogP contribution in [0.4, 0.5) is 29.1 Å². The molecule has 0 saturated carbocycles. The molecule has 0 fully saturated rings.